The molecular weight excluding hydrogens is 376 g/mol. The highest BCUT2D eigenvalue weighted by atomic mass is 16.7. The molecule has 2 N–H and O–H groups in total. The van der Waals surface area contributed by atoms with E-state index in [0.29, 0.717) is 12.4 Å². The molecule has 0 aromatic heterocycles. The number of hydrogen-bond acceptors (Lipinski definition) is 6. The van der Waals surface area contributed by atoms with Crippen LogP contribution in [-0.4, -0.2) is 42.7 Å². The molecule has 0 aliphatic heterocycles. The third kappa shape index (κ3) is 9.12. The molecule has 2 rings (SSSR count). The lowest BCUT2D eigenvalue weighted by molar-refractivity contribution is -0.142. The van der Waals surface area contributed by atoms with Crippen LogP contribution in [0.3, 0.4) is 0 Å². The lowest BCUT2D eigenvalue weighted by atomic mass is 10.1. The molecule has 0 spiro atoms. The first-order chi connectivity index (χ1) is 13.8. The van der Waals surface area contributed by atoms with E-state index in [1.165, 1.54) is 7.11 Å². The van der Waals surface area contributed by atoms with E-state index >= 15 is 0 Å². The lowest BCUT2D eigenvalue weighted by Gasteiger charge is -2.09. The van der Waals surface area contributed by atoms with Gasteiger partial charge in [-0.2, -0.15) is 0 Å². The minimum absolute atomic E-state index is 0.00359. The van der Waals surface area contributed by atoms with Gasteiger partial charge >= 0.3 is 11.9 Å². The first-order valence-corrected chi connectivity index (χ1v) is 9.14. The van der Waals surface area contributed by atoms with Crippen molar-refractivity contribution in [1.82, 2.24) is 0 Å². The number of aromatic hydroxyl groups is 1. The number of phenolic OH excluding ortho intramolecular Hbond substituents is 1. The van der Waals surface area contributed by atoms with Gasteiger partial charge in [-0.1, -0.05) is 24.3 Å². The van der Waals surface area contributed by atoms with Crippen LogP contribution in [0, 0.1) is 13.8 Å². The van der Waals surface area contributed by atoms with Gasteiger partial charge < -0.3 is 24.4 Å². The van der Waals surface area contributed by atoms with Crippen molar-refractivity contribution < 1.29 is 34.0 Å². The summed E-state index contributed by atoms with van der Waals surface area (Å²) >= 11 is 0. The summed E-state index contributed by atoms with van der Waals surface area (Å²) < 4.78 is 14.9. The fourth-order valence-electron chi connectivity index (χ4n) is 2.35. The van der Waals surface area contributed by atoms with E-state index in [0.717, 1.165) is 22.3 Å². The highest BCUT2D eigenvalue weighted by Gasteiger charge is 2.06. The average molecular weight is 404 g/mol. The number of hydrogen-bond donors (Lipinski definition) is 2. The number of methoxy groups -OCH3 is 1. The standard InChI is InChI=1S/C11H14O4.C11H14O3/c1-8-3-4-9(6-11(12)13)5-10(8)15-7-14-2;1-3-14-11(13)7-9-5-4-8(2)10(12)6-9/h3-5H,6-7H2,1-2H3,(H,12,13);4-6,12H,3,7H2,1-2H3. The normalized spacial score (nSPS) is 9.93. The van der Waals surface area contributed by atoms with Crippen molar-refractivity contribution in [2.24, 2.45) is 0 Å². The number of aliphatic carboxylic acids is 1. The molecule has 7 heteroatoms. The Morgan fingerprint density at radius 1 is 0.966 bits per heavy atom. The van der Waals surface area contributed by atoms with Crippen molar-refractivity contribution in [3.8, 4) is 11.5 Å². The zero-order valence-electron chi connectivity index (χ0n) is 17.2. The maximum Gasteiger partial charge on any atom is 0.310 e. The van der Waals surface area contributed by atoms with E-state index < -0.39 is 5.97 Å². The number of rotatable bonds is 8. The molecule has 0 saturated heterocycles. The Bertz CT molecular complexity index is 815. The fraction of sp³-hybridized carbons (Fsp3) is 0.364. The number of phenols is 1. The SMILES string of the molecule is CCOC(=O)Cc1ccc(C)c(O)c1.COCOc1cc(CC(=O)O)ccc1C. The van der Waals surface area contributed by atoms with Crippen molar-refractivity contribution in [1.29, 1.82) is 0 Å². The second kappa shape index (κ2) is 12.4. The molecule has 0 bridgehead atoms. The molecule has 0 saturated carbocycles. The third-order valence-corrected chi connectivity index (χ3v) is 3.87. The number of ether oxygens (including phenoxy) is 3. The van der Waals surface area contributed by atoms with E-state index in [1.807, 2.05) is 26.0 Å². The number of carboxylic acids is 1. The Labute approximate surface area is 170 Å². The number of carboxylic acid groups (broad SMARTS) is 1. The quantitative estimate of drug-likeness (QED) is 0.513. The summed E-state index contributed by atoms with van der Waals surface area (Å²) in [6.45, 7) is 6.03. The molecule has 2 aromatic rings. The molecule has 0 amide bonds. The minimum atomic E-state index is -0.850. The van der Waals surface area contributed by atoms with Gasteiger partial charge in [-0.15, -0.1) is 0 Å². The van der Waals surface area contributed by atoms with Crippen LogP contribution < -0.4 is 4.74 Å². The van der Waals surface area contributed by atoms with Gasteiger partial charge in [-0.25, -0.2) is 0 Å². The summed E-state index contributed by atoms with van der Waals surface area (Å²) in [6.07, 6.45) is 0.214. The van der Waals surface area contributed by atoms with E-state index in [1.54, 1.807) is 31.2 Å². The molecule has 0 heterocycles. The number of esters is 1. The van der Waals surface area contributed by atoms with Gasteiger partial charge in [0.2, 0.25) is 0 Å². The maximum atomic E-state index is 11.1. The van der Waals surface area contributed by atoms with Gasteiger partial charge in [0.1, 0.15) is 11.5 Å². The highest BCUT2D eigenvalue weighted by Crippen LogP contribution is 2.20. The summed E-state index contributed by atoms with van der Waals surface area (Å²) in [5.74, 6) is -0.241. The van der Waals surface area contributed by atoms with Crippen LogP contribution in [-0.2, 0) is 31.9 Å². The fourth-order valence-corrected chi connectivity index (χ4v) is 2.35. The molecule has 0 aliphatic carbocycles. The number of carbonyl (C=O) groups excluding carboxylic acids is 1. The highest BCUT2D eigenvalue weighted by molar-refractivity contribution is 5.72. The van der Waals surface area contributed by atoms with Crippen molar-refractivity contribution >= 4 is 11.9 Å². The lowest BCUT2D eigenvalue weighted by Crippen LogP contribution is -2.07. The zero-order chi connectivity index (χ0) is 21.8. The molecule has 0 atom stereocenters. The average Bonchev–Trinajstić information content (AvgIpc) is 2.65. The maximum absolute atomic E-state index is 11.1. The Morgan fingerprint density at radius 2 is 1.59 bits per heavy atom. The third-order valence-electron chi connectivity index (χ3n) is 3.87. The van der Waals surface area contributed by atoms with Crippen LogP contribution in [0.15, 0.2) is 36.4 Å². The van der Waals surface area contributed by atoms with Crippen molar-refractivity contribution in [3.63, 3.8) is 0 Å². The monoisotopic (exact) mass is 404 g/mol. The first kappa shape index (κ1) is 24.0. The predicted molar refractivity (Wildman–Crippen MR) is 108 cm³/mol. The van der Waals surface area contributed by atoms with Gasteiger partial charge in [0.25, 0.3) is 0 Å². The molecule has 2 aromatic carbocycles. The zero-order valence-corrected chi connectivity index (χ0v) is 17.2. The van der Waals surface area contributed by atoms with Crippen LogP contribution in [0.1, 0.15) is 29.2 Å². The second-order valence-corrected chi connectivity index (χ2v) is 6.32. The Hall–Kier alpha value is -3.06. The van der Waals surface area contributed by atoms with Gasteiger partial charge in [-0.05, 0) is 55.2 Å². The van der Waals surface area contributed by atoms with Gasteiger partial charge in [0, 0.05) is 7.11 Å². The van der Waals surface area contributed by atoms with Gasteiger partial charge in [0.05, 0.1) is 19.4 Å². The summed E-state index contributed by atoms with van der Waals surface area (Å²) in [5.41, 5.74) is 3.25. The Balaban J connectivity index is 0.000000291. The van der Waals surface area contributed by atoms with E-state index in [4.69, 9.17) is 19.3 Å². The van der Waals surface area contributed by atoms with E-state index in [-0.39, 0.29) is 31.4 Å². The van der Waals surface area contributed by atoms with E-state index in [2.05, 4.69) is 0 Å². The molecule has 0 fully saturated rings. The molecular formula is C22H28O7. The number of carbonyl (C=O) groups is 2. The van der Waals surface area contributed by atoms with Crippen LogP contribution in [0.25, 0.3) is 0 Å². The Kier molecular flexibility index (Phi) is 10.3. The first-order valence-electron chi connectivity index (χ1n) is 9.14. The second-order valence-electron chi connectivity index (χ2n) is 6.32. The van der Waals surface area contributed by atoms with E-state index in [9.17, 15) is 14.7 Å². The molecule has 0 radical (unpaired) electrons. The van der Waals surface area contributed by atoms with Crippen molar-refractivity contribution in [3.05, 3.63) is 58.7 Å². The van der Waals surface area contributed by atoms with Crippen LogP contribution >= 0.6 is 0 Å². The number of aryl methyl sites for hydroxylation is 2. The summed E-state index contributed by atoms with van der Waals surface area (Å²) in [7, 11) is 1.54. The van der Waals surface area contributed by atoms with Gasteiger partial charge in [-0.3, -0.25) is 9.59 Å². The molecule has 0 unspecified atom stereocenters. The summed E-state index contributed by atoms with van der Waals surface area (Å²) in [5, 5.41) is 18.0. The van der Waals surface area contributed by atoms with Gasteiger partial charge in [0.15, 0.2) is 6.79 Å². The molecule has 158 valence electrons. The smallest absolute Gasteiger partial charge is 0.310 e. The van der Waals surface area contributed by atoms with Crippen LogP contribution in [0.5, 0.6) is 11.5 Å². The minimum Gasteiger partial charge on any atom is -0.508 e. The molecule has 0 aliphatic rings. The largest absolute Gasteiger partial charge is 0.508 e. The summed E-state index contributed by atoms with van der Waals surface area (Å²) in [4.78, 5) is 21.6. The van der Waals surface area contributed by atoms with Crippen molar-refractivity contribution in [2.75, 3.05) is 20.5 Å². The Morgan fingerprint density at radius 3 is 2.14 bits per heavy atom. The number of benzene rings is 2. The topological polar surface area (TPSA) is 102 Å². The van der Waals surface area contributed by atoms with Crippen molar-refractivity contribution in [2.45, 2.75) is 33.6 Å². The predicted octanol–water partition coefficient (Wildman–Crippen LogP) is 3.41. The van der Waals surface area contributed by atoms with Crippen LogP contribution in [0.2, 0.25) is 0 Å². The molecule has 29 heavy (non-hydrogen) atoms. The van der Waals surface area contributed by atoms with Crippen LogP contribution in [0.4, 0.5) is 0 Å². The molecule has 7 nitrogen and oxygen atoms in total. The summed E-state index contributed by atoms with van der Waals surface area (Å²) in [6, 6.07) is 10.5.